The van der Waals surface area contributed by atoms with E-state index in [1.54, 1.807) is 0 Å². The summed E-state index contributed by atoms with van der Waals surface area (Å²) in [4.78, 5) is 14.7. The number of aryl methyl sites for hydroxylation is 1. The smallest absolute Gasteiger partial charge is 0.223 e. The highest BCUT2D eigenvalue weighted by Crippen LogP contribution is 2.25. The number of halogens is 2. The average Bonchev–Trinajstić information content (AvgIpc) is 2.69. The molecule has 0 unspecified atom stereocenters. The highest BCUT2D eigenvalue weighted by Gasteiger charge is 2.24. The van der Waals surface area contributed by atoms with Gasteiger partial charge in [0.25, 0.3) is 0 Å². The molecule has 0 atom stereocenters. The summed E-state index contributed by atoms with van der Waals surface area (Å²) in [5.41, 5.74) is 2.31. The molecule has 150 valence electrons. The molecular weight excluding hydrogens is 395 g/mol. The molecule has 4 nitrogen and oxygen atoms in total. The second kappa shape index (κ2) is 10.1. The molecule has 1 aliphatic heterocycles. The molecule has 0 bridgehead atoms. The van der Waals surface area contributed by atoms with Gasteiger partial charge in [-0.15, -0.1) is 0 Å². The Morgan fingerprint density at radius 1 is 1.14 bits per heavy atom. The SMILES string of the molecule is Cc1cccc(OCCNC(=O)C2CCN(Cc3ccc(Cl)c(Cl)c3)CC2)c1. The summed E-state index contributed by atoms with van der Waals surface area (Å²) < 4.78 is 5.68. The number of hydrogen-bond acceptors (Lipinski definition) is 3. The van der Waals surface area contributed by atoms with Crippen molar-refractivity contribution in [3.05, 3.63) is 63.6 Å². The number of ether oxygens (including phenoxy) is 1. The van der Waals surface area contributed by atoms with Crippen molar-refractivity contribution in [2.24, 2.45) is 5.92 Å². The summed E-state index contributed by atoms with van der Waals surface area (Å²) >= 11 is 12.1. The number of amides is 1. The molecule has 1 fully saturated rings. The third-order valence-electron chi connectivity index (χ3n) is 5.01. The average molecular weight is 421 g/mol. The van der Waals surface area contributed by atoms with Gasteiger partial charge in [-0.1, -0.05) is 41.4 Å². The van der Waals surface area contributed by atoms with Crippen LogP contribution >= 0.6 is 23.2 Å². The van der Waals surface area contributed by atoms with Crippen molar-refractivity contribution in [2.75, 3.05) is 26.2 Å². The summed E-state index contributed by atoms with van der Waals surface area (Å²) in [6.45, 7) is 5.66. The van der Waals surface area contributed by atoms with E-state index < -0.39 is 0 Å². The van der Waals surface area contributed by atoms with Crippen LogP contribution in [0.15, 0.2) is 42.5 Å². The molecule has 0 spiro atoms. The lowest BCUT2D eigenvalue weighted by Crippen LogP contribution is -2.41. The van der Waals surface area contributed by atoms with E-state index in [2.05, 4.69) is 10.2 Å². The Kier molecular flexibility index (Phi) is 7.60. The fraction of sp³-hybridized carbons (Fsp3) is 0.409. The van der Waals surface area contributed by atoms with Crippen LogP contribution in [0.1, 0.15) is 24.0 Å². The van der Waals surface area contributed by atoms with Gasteiger partial charge in [0.1, 0.15) is 12.4 Å². The second-order valence-corrected chi connectivity index (χ2v) is 8.07. The molecule has 0 radical (unpaired) electrons. The number of rotatable bonds is 7. The van der Waals surface area contributed by atoms with Crippen LogP contribution in [0.3, 0.4) is 0 Å². The molecule has 1 N–H and O–H groups in total. The molecule has 3 rings (SSSR count). The molecule has 0 saturated carbocycles. The van der Waals surface area contributed by atoms with Crippen LogP contribution in [0, 0.1) is 12.8 Å². The van der Waals surface area contributed by atoms with E-state index in [4.69, 9.17) is 27.9 Å². The monoisotopic (exact) mass is 420 g/mol. The maximum absolute atomic E-state index is 12.4. The first-order chi connectivity index (χ1) is 13.5. The predicted octanol–water partition coefficient (Wildman–Crippen LogP) is 4.71. The number of hydrogen-bond donors (Lipinski definition) is 1. The Balaban J connectivity index is 1.36. The van der Waals surface area contributed by atoms with E-state index in [1.807, 2.05) is 49.4 Å². The van der Waals surface area contributed by atoms with Crippen LogP contribution in [0.25, 0.3) is 0 Å². The number of piperidine rings is 1. The predicted molar refractivity (Wildman–Crippen MR) is 114 cm³/mol. The third-order valence-corrected chi connectivity index (χ3v) is 5.75. The fourth-order valence-corrected chi connectivity index (χ4v) is 3.76. The molecule has 2 aromatic rings. The van der Waals surface area contributed by atoms with Gasteiger partial charge in [0.05, 0.1) is 16.6 Å². The molecule has 0 aromatic heterocycles. The van der Waals surface area contributed by atoms with Crippen LogP contribution in [0.2, 0.25) is 10.0 Å². The summed E-state index contributed by atoms with van der Waals surface area (Å²) in [5, 5.41) is 4.16. The van der Waals surface area contributed by atoms with Crippen LogP contribution < -0.4 is 10.1 Å². The number of nitrogens with one attached hydrogen (secondary N) is 1. The zero-order valence-corrected chi connectivity index (χ0v) is 17.6. The first kappa shape index (κ1) is 21.0. The Hall–Kier alpha value is -1.75. The van der Waals surface area contributed by atoms with E-state index in [0.717, 1.165) is 49.4 Å². The van der Waals surface area contributed by atoms with Crippen molar-refractivity contribution < 1.29 is 9.53 Å². The molecule has 0 aliphatic carbocycles. The Morgan fingerprint density at radius 3 is 2.64 bits per heavy atom. The Labute approximate surface area is 176 Å². The van der Waals surface area contributed by atoms with Crippen molar-refractivity contribution >= 4 is 29.1 Å². The van der Waals surface area contributed by atoms with E-state index in [1.165, 1.54) is 0 Å². The lowest BCUT2D eigenvalue weighted by atomic mass is 9.95. The summed E-state index contributed by atoms with van der Waals surface area (Å²) in [7, 11) is 0. The van der Waals surface area contributed by atoms with E-state index >= 15 is 0 Å². The highest BCUT2D eigenvalue weighted by atomic mass is 35.5. The van der Waals surface area contributed by atoms with Crippen molar-refractivity contribution in [1.29, 1.82) is 0 Å². The number of benzene rings is 2. The van der Waals surface area contributed by atoms with Gasteiger partial charge in [-0.3, -0.25) is 9.69 Å². The van der Waals surface area contributed by atoms with E-state index in [0.29, 0.717) is 23.2 Å². The Bertz CT molecular complexity index is 805. The zero-order chi connectivity index (χ0) is 19.9. The topological polar surface area (TPSA) is 41.6 Å². The zero-order valence-electron chi connectivity index (χ0n) is 16.1. The molecule has 28 heavy (non-hydrogen) atoms. The highest BCUT2D eigenvalue weighted by molar-refractivity contribution is 6.42. The van der Waals surface area contributed by atoms with Crippen LogP contribution in [0.5, 0.6) is 5.75 Å². The second-order valence-electron chi connectivity index (χ2n) is 7.25. The van der Waals surface area contributed by atoms with Gasteiger partial charge in [-0.25, -0.2) is 0 Å². The standard InChI is InChI=1S/C22H26Cl2N2O2/c1-16-3-2-4-19(13-16)28-12-9-25-22(27)18-7-10-26(11-8-18)15-17-5-6-20(23)21(24)14-17/h2-6,13-14,18H,7-12,15H2,1H3,(H,25,27). The van der Waals surface area contributed by atoms with Gasteiger partial charge in [-0.05, 0) is 68.2 Å². The van der Waals surface area contributed by atoms with Gasteiger partial charge in [0, 0.05) is 12.5 Å². The summed E-state index contributed by atoms with van der Waals surface area (Å²) in [5.74, 6) is 1.04. The minimum absolute atomic E-state index is 0.0732. The molecular formula is C22H26Cl2N2O2. The Morgan fingerprint density at radius 2 is 1.93 bits per heavy atom. The lowest BCUT2D eigenvalue weighted by Gasteiger charge is -2.31. The van der Waals surface area contributed by atoms with Gasteiger partial charge in [0.15, 0.2) is 0 Å². The minimum atomic E-state index is 0.0732. The van der Waals surface area contributed by atoms with Crippen molar-refractivity contribution in [3.8, 4) is 5.75 Å². The number of nitrogens with zero attached hydrogens (tertiary/aromatic N) is 1. The largest absolute Gasteiger partial charge is 0.492 e. The maximum atomic E-state index is 12.4. The normalized spacial score (nSPS) is 15.4. The number of carbonyl (C=O) groups excluding carboxylic acids is 1. The van der Waals surface area contributed by atoms with Gasteiger partial charge in [0.2, 0.25) is 5.91 Å². The summed E-state index contributed by atoms with van der Waals surface area (Å²) in [6.07, 6.45) is 1.73. The fourth-order valence-electron chi connectivity index (χ4n) is 3.44. The lowest BCUT2D eigenvalue weighted by molar-refractivity contribution is -0.126. The minimum Gasteiger partial charge on any atom is -0.492 e. The molecule has 2 aromatic carbocycles. The number of carbonyl (C=O) groups is 1. The molecule has 1 saturated heterocycles. The first-order valence-electron chi connectivity index (χ1n) is 9.65. The molecule has 1 aliphatic rings. The van der Waals surface area contributed by atoms with Crippen LogP contribution in [-0.4, -0.2) is 37.0 Å². The first-order valence-corrected chi connectivity index (χ1v) is 10.4. The molecule has 1 amide bonds. The number of likely N-dealkylation sites (tertiary alicyclic amines) is 1. The van der Waals surface area contributed by atoms with Crippen molar-refractivity contribution in [3.63, 3.8) is 0 Å². The molecule has 6 heteroatoms. The van der Waals surface area contributed by atoms with Crippen LogP contribution in [-0.2, 0) is 11.3 Å². The van der Waals surface area contributed by atoms with Crippen molar-refractivity contribution in [2.45, 2.75) is 26.3 Å². The van der Waals surface area contributed by atoms with Crippen LogP contribution in [0.4, 0.5) is 0 Å². The third kappa shape index (κ3) is 6.13. The van der Waals surface area contributed by atoms with Gasteiger partial charge < -0.3 is 10.1 Å². The van der Waals surface area contributed by atoms with Gasteiger partial charge >= 0.3 is 0 Å². The summed E-state index contributed by atoms with van der Waals surface area (Å²) in [6, 6.07) is 13.7. The molecule has 1 heterocycles. The van der Waals surface area contributed by atoms with Crippen molar-refractivity contribution in [1.82, 2.24) is 10.2 Å². The van der Waals surface area contributed by atoms with E-state index in [9.17, 15) is 4.79 Å². The maximum Gasteiger partial charge on any atom is 0.223 e. The van der Waals surface area contributed by atoms with Gasteiger partial charge in [-0.2, -0.15) is 0 Å². The quantitative estimate of drug-likeness (QED) is 0.659. The van der Waals surface area contributed by atoms with E-state index in [-0.39, 0.29) is 11.8 Å².